The number of halogens is 1. The van der Waals surface area contributed by atoms with Gasteiger partial charge < -0.3 is 4.74 Å². The third kappa shape index (κ3) is 2.88. The predicted octanol–water partition coefficient (Wildman–Crippen LogP) is 5.87. The summed E-state index contributed by atoms with van der Waals surface area (Å²) in [6, 6.07) is 19.1. The van der Waals surface area contributed by atoms with Gasteiger partial charge in [0.15, 0.2) is 0 Å². The molecule has 0 saturated heterocycles. The van der Waals surface area contributed by atoms with Gasteiger partial charge in [-0.05, 0) is 30.3 Å². The highest BCUT2D eigenvalue weighted by molar-refractivity contribution is 6.34. The zero-order chi connectivity index (χ0) is 14.7. The molecule has 0 atom stereocenters. The number of azo groups is 1. The summed E-state index contributed by atoms with van der Waals surface area (Å²) in [5.41, 5.74) is 3.50. The number of nitrogens with zero attached hydrogens (tertiary/aromatic N) is 2. The van der Waals surface area contributed by atoms with E-state index in [4.69, 9.17) is 16.3 Å². The Kier molecular flexibility index (Phi) is 3.84. The standard InChI is InChI=1S/C17H13ClN2O/c1-21-13-9-7-12(8-10-13)19-20-17-11-16(18)14-5-3-2-4-6-15(14)17/h2-11H,1H3. The summed E-state index contributed by atoms with van der Waals surface area (Å²) >= 11 is 6.24. The first-order valence-electron chi connectivity index (χ1n) is 6.51. The molecule has 4 heteroatoms. The highest BCUT2D eigenvalue weighted by Gasteiger charge is 2.12. The number of fused-ring (bicyclic) bond motifs is 1. The van der Waals surface area contributed by atoms with Gasteiger partial charge in [0.1, 0.15) is 5.75 Å². The SMILES string of the molecule is COc1ccc(N=Nc2cc(Cl)c3cccccc2-3)cc1. The van der Waals surface area contributed by atoms with E-state index in [0.717, 1.165) is 28.3 Å². The van der Waals surface area contributed by atoms with Crippen molar-refractivity contribution in [3.63, 3.8) is 0 Å². The van der Waals surface area contributed by atoms with E-state index in [2.05, 4.69) is 10.2 Å². The Morgan fingerprint density at radius 2 is 1.57 bits per heavy atom. The monoisotopic (exact) mass is 296 g/mol. The van der Waals surface area contributed by atoms with Crippen molar-refractivity contribution in [2.75, 3.05) is 7.11 Å². The third-order valence-electron chi connectivity index (χ3n) is 3.18. The van der Waals surface area contributed by atoms with Crippen molar-refractivity contribution >= 4 is 23.0 Å². The molecule has 0 N–H and O–H groups in total. The molecular weight excluding hydrogens is 284 g/mol. The van der Waals surface area contributed by atoms with Crippen LogP contribution >= 0.6 is 11.6 Å². The molecule has 3 rings (SSSR count). The van der Waals surface area contributed by atoms with Gasteiger partial charge >= 0.3 is 0 Å². The summed E-state index contributed by atoms with van der Waals surface area (Å²) in [6.07, 6.45) is 0. The molecule has 21 heavy (non-hydrogen) atoms. The van der Waals surface area contributed by atoms with E-state index in [0.29, 0.717) is 5.02 Å². The summed E-state index contributed by atoms with van der Waals surface area (Å²) in [6.45, 7) is 0. The maximum absolute atomic E-state index is 6.24. The smallest absolute Gasteiger partial charge is 0.119 e. The van der Waals surface area contributed by atoms with Gasteiger partial charge in [0, 0.05) is 11.1 Å². The van der Waals surface area contributed by atoms with Gasteiger partial charge in [-0.25, -0.2) is 0 Å². The van der Waals surface area contributed by atoms with Gasteiger partial charge in [-0.15, -0.1) is 5.11 Å². The topological polar surface area (TPSA) is 34.0 Å². The zero-order valence-electron chi connectivity index (χ0n) is 11.5. The van der Waals surface area contributed by atoms with Crippen LogP contribution in [-0.4, -0.2) is 7.11 Å². The van der Waals surface area contributed by atoms with Crippen molar-refractivity contribution in [2.24, 2.45) is 10.2 Å². The van der Waals surface area contributed by atoms with Crippen LogP contribution < -0.4 is 4.74 Å². The van der Waals surface area contributed by atoms with E-state index in [-0.39, 0.29) is 0 Å². The number of ether oxygens (including phenoxy) is 1. The lowest BCUT2D eigenvalue weighted by Crippen LogP contribution is -1.79. The molecule has 1 aromatic rings. The van der Waals surface area contributed by atoms with E-state index in [1.54, 1.807) is 7.11 Å². The van der Waals surface area contributed by atoms with Crippen LogP contribution in [-0.2, 0) is 0 Å². The Morgan fingerprint density at radius 3 is 2.29 bits per heavy atom. The minimum absolute atomic E-state index is 0.685. The molecule has 0 radical (unpaired) electrons. The van der Waals surface area contributed by atoms with Gasteiger partial charge in [0.05, 0.1) is 23.5 Å². The van der Waals surface area contributed by atoms with Crippen LogP contribution in [0.15, 0.2) is 70.9 Å². The van der Waals surface area contributed by atoms with Crippen LogP contribution in [0.25, 0.3) is 11.1 Å². The maximum Gasteiger partial charge on any atom is 0.119 e. The molecule has 3 nitrogen and oxygen atoms in total. The van der Waals surface area contributed by atoms with Crippen LogP contribution in [0.5, 0.6) is 5.75 Å². The zero-order valence-corrected chi connectivity index (χ0v) is 12.2. The number of hydrogen-bond donors (Lipinski definition) is 0. The highest BCUT2D eigenvalue weighted by atomic mass is 35.5. The van der Waals surface area contributed by atoms with Crippen molar-refractivity contribution in [3.05, 3.63) is 65.7 Å². The molecule has 2 aliphatic rings. The molecule has 0 spiro atoms. The molecule has 0 saturated carbocycles. The molecule has 0 aromatic heterocycles. The van der Waals surface area contributed by atoms with Gasteiger partial charge in [-0.1, -0.05) is 41.9 Å². The van der Waals surface area contributed by atoms with Gasteiger partial charge in [0.25, 0.3) is 0 Å². The summed E-state index contributed by atoms with van der Waals surface area (Å²) in [5.74, 6) is 0.794. The largest absolute Gasteiger partial charge is 0.497 e. The fraction of sp³-hybridized carbons (Fsp3) is 0.0588. The quantitative estimate of drug-likeness (QED) is 0.557. The first-order chi connectivity index (χ1) is 10.3. The predicted molar refractivity (Wildman–Crippen MR) is 85.2 cm³/mol. The minimum atomic E-state index is 0.685. The van der Waals surface area contributed by atoms with Crippen molar-refractivity contribution in [1.82, 2.24) is 0 Å². The molecule has 0 heterocycles. The second-order valence-electron chi connectivity index (χ2n) is 4.51. The van der Waals surface area contributed by atoms with Crippen LogP contribution in [0.3, 0.4) is 0 Å². The van der Waals surface area contributed by atoms with E-state index < -0.39 is 0 Å². The first kappa shape index (κ1) is 13.6. The van der Waals surface area contributed by atoms with Crippen molar-refractivity contribution in [3.8, 4) is 16.9 Å². The van der Waals surface area contributed by atoms with Gasteiger partial charge in [0.2, 0.25) is 0 Å². The fourth-order valence-corrected chi connectivity index (χ4v) is 2.37. The summed E-state index contributed by atoms with van der Waals surface area (Å²) in [7, 11) is 1.63. The average molecular weight is 297 g/mol. The molecule has 0 fully saturated rings. The summed E-state index contributed by atoms with van der Waals surface area (Å²) in [4.78, 5) is 0. The van der Waals surface area contributed by atoms with Gasteiger partial charge in [-0.3, -0.25) is 0 Å². The lowest BCUT2D eigenvalue weighted by molar-refractivity contribution is 0.415. The van der Waals surface area contributed by atoms with Crippen molar-refractivity contribution in [2.45, 2.75) is 0 Å². The molecule has 0 aliphatic heterocycles. The fourth-order valence-electron chi connectivity index (χ4n) is 2.10. The number of methoxy groups -OCH3 is 1. The van der Waals surface area contributed by atoms with Crippen LogP contribution in [0.2, 0.25) is 5.02 Å². The van der Waals surface area contributed by atoms with Crippen molar-refractivity contribution < 1.29 is 4.74 Å². The second kappa shape index (κ2) is 5.94. The summed E-state index contributed by atoms with van der Waals surface area (Å²) < 4.78 is 5.11. The Morgan fingerprint density at radius 1 is 0.857 bits per heavy atom. The molecule has 0 unspecified atom stereocenters. The van der Waals surface area contributed by atoms with Gasteiger partial charge in [-0.2, -0.15) is 5.11 Å². The number of benzene rings is 1. The lowest BCUT2D eigenvalue weighted by Gasteiger charge is -1.98. The number of rotatable bonds is 3. The second-order valence-corrected chi connectivity index (χ2v) is 4.92. The minimum Gasteiger partial charge on any atom is -0.497 e. The summed E-state index contributed by atoms with van der Waals surface area (Å²) in [5, 5.41) is 9.24. The normalized spacial score (nSPS) is 11.1. The molecule has 0 amide bonds. The van der Waals surface area contributed by atoms with E-state index in [1.165, 1.54) is 0 Å². The Bertz CT molecular complexity index is 753. The van der Waals surface area contributed by atoms with Crippen LogP contribution in [0.1, 0.15) is 0 Å². The number of hydrogen-bond acceptors (Lipinski definition) is 3. The molecule has 2 aliphatic carbocycles. The average Bonchev–Trinajstić information content (AvgIpc) is 2.70. The van der Waals surface area contributed by atoms with E-state index in [1.807, 2.05) is 60.7 Å². The maximum atomic E-state index is 6.24. The third-order valence-corrected chi connectivity index (χ3v) is 3.49. The molecular formula is C17H13ClN2O. The molecule has 0 bridgehead atoms. The Labute approximate surface area is 128 Å². The molecule has 104 valence electrons. The Balaban J connectivity index is 1.93. The van der Waals surface area contributed by atoms with E-state index >= 15 is 0 Å². The first-order valence-corrected chi connectivity index (χ1v) is 6.89. The van der Waals surface area contributed by atoms with Crippen LogP contribution in [0, 0.1) is 0 Å². The Hall–Kier alpha value is -2.39. The van der Waals surface area contributed by atoms with Crippen LogP contribution in [0.4, 0.5) is 11.4 Å². The molecule has 1 aromatic carbocycles. The lowest BCUT2D eigenvalue weighted by atomic mass is 10.2. The highest BCUT2D eigenvalue weighted by Crippen LogP contribution is 2.40. The van der Waals surface area contributed by atoms with Crippen molar-refractivity contribution in [1.29, 1.82) is 0 Å². The van der Waals surface area contributed by atoms with E-state index in [9.17, 15) is 0 Å².